The molecule has 1 atom stereocenters. The summed E-state index contributed by atoms with van der Waals surface area (Å²) in [4.78, 5) is 6.78. The van der Waals surface area contributed by atoms with Crippen LogP contribution in [0.5, 0.6) is 0 Å². The van der Waals surface area contributed by atoms with E-state index in [1.165, 1.54) is 5.56 Å². The number of aliphatic hydroxyl groups excluding tert-OH is 1. The Bertz CT molecular complexity index is 846. The zero-order valence-corrected chi connectivity index (χ0v) is 16.2. The van der Waals surface area contributed by atoms with Gasteiger partial charge in [0.05, 0.1) is 13.2 Å². The van der Waals surface area contributed by atoms with Gasteiger partial charge >= 0.3 is 0 Å². The summed E-state index contributed by atoms with van der Waals surface area (Å²) in [6.07, 6.45) is 0. The number of aliphatic hydroxyl groups is 1. The Morgan fingerprint density at radius 1 is 1.04 bits per heavy atom. The van der Waals surface area contributed by atoms with E-state index >= 15 is 0 Å². The van der Waals surface area contributed by atoms with Gasteiger partial charge in [0.2, 0.25) is 11.7 Å². The highest BCUT2D eigenvalue weighted by Crippen LogP contribution is 2.21. The van der Waals surface area contributed by atoms with Crippen molar-refractivity contribution in [2.24, 2.45) is 5.92 Å². The SMILES string of the molecule is Cc1cccc(-c2noc(CN(Cc3ccccc3)C(CO)C(C)C)n2)c1. The van der Waals surface area contributed by atoms with Gasteiger partial charge in [-0.2, -0.15) is 4.98 Å². The lowest BCUT2D eigenvalue weighted by Crippen LogP contribution is -2.40. The molecule has 1 aromatic heterocycles. The highest BCUT2D eigenvalue weighted by atomic mass is 16.5. The summed E-state index contributed by atoms with van der Waals surface area (Å²) in [6, 6.07) is 18.3. The van der Waals surface area contributed by atoms with Crippen molar-refractivity contribution in [1.82, 2.24) is 15.0 Å². The second kappa shape index (κ2) is 8.93. The molecular weight excluding hydrogens is 338 g/mol. The molecule has 0 saturated heterocycles. The lowest BCUT2D eigenvalue weighted by molar-refractivity contribution is 0.0695. The minimum Gasteiger partial charge on any atom is -0.395 e. The maximum Gasteiger partial charge on any atom is 0.241 e. The lowest BCUT2D eigenvalue weighted by Gasteiger charge is -2.32. The first-order chi connectivity index (χ1) is 13.1. The maximum atomic E-state index is 9.93. The molecule has 0 fully saturated rings. The van der Waals surface area contributed by atoms with E-state index in [1.807, 2.05) is 49.4 Å². The molecular formula is C22H27N3O2. The number of hydrogen-bond donors (Lipinski definition) is 1. The van der Waals surface area contributed by atoms with E-state index in [4.69, 9.17) is 4.52 Å². The van der Waals surface area contributed by atoms with Gasteiger partial charge in [-0.15, -0.1) is 0 Å². The number of hydrogen-bond acceptors (Lipinski definition) is 5. The molecule has 0 saturated carbocycles. The van der Waals surface area contributed by atoms with Gasteiger partial charge in [0.25, 0.3) is 0 Å². The first-order valence-electron chi connectivity index (χ1n) is 9.35. The van der Waals surface area contributed by atoms with Crippen LogP contribution in [0.25, 0.3) is 11.4 Å². The minimum atomic E-state index is 0.0134. The molecule has 5 heteroatoms. The third kappa shape index (κ3) is 5.02. The topological polar surface area (TPSA) is 62.4 Å². The van der Waals surface area contributed by atoms with Crippen molar-refractivity contribution in [2.45, 2.75) is 39.9 Å². The second-order valence-electron chi connectivity index (χ2n) is 7.27. The summed E-state index contributed by atoms with van der Waals surface area (Å²) in [6.45, 7) is 7.57. The number of nitrogens with zero attached hydrogens (tertiary/aromatic N) is 3. The molecule has 0 aliphatic rings. The van der Waals surface area contributed by atoms with Gasteiger partial charge in [-0.3, -0.25) is 4.90 Å². The molecule has 2 aromatic carbocycles. The fourth-order valence-corrected chi connectivity index (χ4v) is 3.25. The highest BCUT2D eigenvalue weighted by Gasteiger charge is 2.24. The Labute approximate surface area is 160 Å². The van der Waals surface area contributed by atoms with Crippen molar-refractivity contribution in [3.63, 3.8) is 0 Å². The third-order valence-electron chi connectivity index (χ3n) is 4.74. The van der Waals surface area contributed by atoms with Crippen LogP contribution in [0.1, 0.15) is 30.9 Å². The van der Waals surface area contributed by atoms with Gasteiger partial charge in [-0.25, -0.2) is 0 Å². The molecule has 0 amide bonds. The number of aryl methyl sites for hydroxylation is 1. The van der Waals surface area contributed by atoms with Gasteiger partial charge in [-0.1, -0.05) is 73.1 Å². The Morgan fingerprint density at radius 3 is 2.48 bits per heavy atom. The van der Waals surface area contributed by atoms with Crippen LogP contribution in [0.15, 0.2) is 59.1 Å². The summed E-state index contributed by atoms with van der Waals surface area (Å²) >= 11 is 0. The monoisotopic (exact) mass is 365 g/mol. The van der Waals surface area contributed by atoms with Crippen molar-refractivity contribution in [2.75, 3.05) is 6.61 Å². The zero-order chi connectivity index (χ0) is 19.2. The van der Waals surface area contributed by atoms with E-state index in [-0.39, 0.29) is 12.6 Å². The molecule has 3 rings (SSSR count). The van der Waals surface area contributed by atoms with Crippen LogP contribution in [0.3, 0.4) is 0 Å². The van der Waals surface area contributed by atoms with Gasteiger partial charge in [-0.05, 0) is 24.5 Å². The molecule has 1 N–H and O–H groups in total. The molecule has 0 spiro atoms. The quantitative estimate of drug-likeness (QED) is 0.652. The van der Waals surface area contributed by atoms with Crippen LogP contribution < -0.4 is 0 Å². The molecule has 0 radical (unpaired) electrons. The lowest BCUT2D eigenvalue weighted by atomic mass is 10.0. The van der Waals surface area contributed by atoms with Gasteiger partial charge in [0, 0.05) is 18.2 Å². The normalized spacial score (nSPS) is 12.7. The summed E-state index contributed by atoms with van der Waals surface area (Å²) < 4.78 is 5.52. The molecule has 0 aliphatic carbocycles. The average Bonchev–Trinajstić information content (AvgIpc) is 3.11. The predicted molar refractivity (Wildman–Crippen MR) is 106 cm³/mol. The van der Waals surface area contributed by atoms with Gasteiger partial charge in [0.15, 0.2) is 0 Å². The number of aromatic nitrogens is 2. The van der Waals surface area contributed by atoms with Crippen LogP contribution >= 0.6 is 0 Å². The van der Waals surface area contributed by atoms with E-state index < -0.39 is 0 Å². The largest absolute Gasteiger partial charge is 0.395 e. The molecule has 1 unspecified atom stereocenters. The summed E-state index contributed by atoms with van der Waals surface area (Å²) in [7, 11) is 0. The van der Waals surface area contributed by atoms with E-state index in [0.717, 1.165) is 11.1 Å². The van der Waals surface area contributed by atoms with Crippen LogP contribution in [0.4, 0.5) is 0 Å². The Balaban J connectivity index is 1.81. The van der Waals surface area contributed by atoms with Crippen molar-refractivity contribution >= 4 is 0 Å². The Morgan fingerprint density at radius 2 is 1.81 bits per heavy atom. The molecule has 142 valence electrons. The molecule has 5 nitrogen and oxygen atoms in total. The van der Waals surface area contributed by atoms with E-state index in [9.17, 15) is 5.11 Å². The number of rotatable bonds is 8. The first-order valence-corrected chi connectivity index (χ1v) is 9.35. The van der Waals surface area contributed by atoms with Crippen molar-refractivity contribution in [3.8, 4) is 11.4 Å². The number of benzene rings is 2. The van der Waals surface area contributed by atoms with Gasteiger partial charge < -0.3 is 9.63 Å². The molecule has 0 aliphatic heterocycles. The van der Waals surface area contributed by atoms with Crippen LogP contribution in [0, 0.1) is 12.8 Å². The minimum absolute atomic E-state index is 0.0134. The summed E-state index contributed by atoms with van der Waals surface area (Å²) in [5.74, 6) is 1.46. The third-order valence-corrected chi connectivity index (χ3v) is 4.74. The van der Waals surface area contributed by atoms with E-state index in [1.54, 1.807) is 0 Å². The Kier molecular flexibility index (Phi) is 6.37. The maximum absolute atomic E-state index is 9.93. The van der Waals surface area contributed by atoms with Crippen LogP contribution in [0.2, 0.25) is 0 Å². The summed E-state index contributed by atoms with van der Waals surface area (Å²) in [5, 5.41) is 14.1. The second-order valence-corrected chi connectivity index (χ2v) is 7.27. The smallest absolute Gasteiger partial charge is 0.241 e. The van der Waals surface area contributed by atoms with Crippen molar-refractivity contribution in [1.29, 1.82) is 0 Å². The standard InChI is InChI=1S/C22H27N3O2/c1-16(2)20(15-26)25(13-18-9-5-4-6-10-18)14-21-23-22(24-27-21)19-11-7-8-17(3)12-19/h4-12,16,20,26H,13-15H2,1-3H3. The molecule has 27 heavy (non-hydrogen) atoms. The van der Waals surface area contributed by atoms with E-state index in [2.05, 4.69) is 41.0 Å². The molecule has 3 aromatic rings. The highest BCUT2D eigenvalue weighted by molar-refractivity contribution is 5.55. The van der Waals surface area contributed by atoms with Crippen molar-refractivity contribution in [3.05, 3.63) is 71.6 Å². The Hall–Kier alpha value is -2.50. The van der Waals surface area contributed by atoms with Crippen LogP contribution in [-0.2, 0) is 13.1 Å². The molecule has 0 bridgehead atoms. The predicted octanol–water partition coefficient (Wildman–Crippen LogP) is 4.06. The fraction of sp³-hybridized carbons (Fsp3) is 0.364. The first kappa shape index (κ1) is 19.3. The molecule has 1 heterocycles. The van der Waals surface area contributed by atoms with E-state index in [0.29, 0.717) is 30.7 Å². The summed E-state index contributed by atoms with van der Waals surface area (Å²) in [5.41, 5.74) is 3.29. The van der Waals surface area contributed by atoms with Crippen LogP contribution in [-0.4, -0.2) is 32.8 Å². The van der Waals surface area contributed by atoms with Crippen molar-refractivity contribution < 1.29 is 9.63 Å². The van der Waals surface area contributed by atoms with Gasteiger partial charge in [0.1, 0.15) is 0 Å². The fourth-order valence-electron chi connectivity index (χ4n) is 3.25. The average molecular weight is 365 g/mol. The zero-order valence-electron chi connectivity index (χ0n) is 16.2.